The van der Waals surface area contributed by atoms with Gasteiger partial charge in [-0.25, -0.2) is 4.79 Å². The van der Waals surface area contributed by atoms with Crippen molar-refractivity contribution in [1.29, 1.82) is 0 Å². The molecule has 0 aromatic heterocycles. The molecule has 0 radical (unpaired) electrons. The molecule has 86 valence electrons. The Hall–Kier alpha value is -1.10. The monoisotopic (exact) mass is 230 g/mol. The maximum absolute atomic E-state index is 10.7. The topological polar surface area (TPSA) is 63.6 Å². The number of carboxylic acid groups (broad SMARTS) is 1. The summed E-state index contributed by atoms with van der Waals surface area (Å²) in [5.41, 5.74) is 0. The van der Waals surface area contributed by atoms with E-state index in [-0.39, 0.29) is 6.04 Å². The molecule has 0 saturated heterocycles. The summed E-state index contributed by atoms with van der Waals surface area (Å²) >= 11 is 0. The zero-order chi connectivity index (χ0) is 11.9. The van der Waals surface area contributed by atoms with Crippen molar-refractivity contribution < 1.29 is 19.4 Å². The summed E-state index contributed by atoms with van der Waals surface area (Å²) in [5, 5.41) is 8.67. The van der Waals surface area contributed by atoms with Crippen molar-refractivity contribution >= 4 is 20.0 Å². The normalized spacial score (nSPS) is 10.8. The Balaban J connectivity index is 3.70. The van der Waals surface area contributed by atoms with Gasteiger partial charge in [-0.15, -0.1) is 0 Å². The predicted octanol–water partition coefficient (Wildman–Crippen LogP) is 1.90. The van der Waals surface area contributed by atoms with Gasteiger partial charge < -0.3 is 9.84 Å². The molecule has 0 amide bonds. The highest BCUT2D eigenvalue weighted by Gasteiger charge is 2.23. The first-order valence-electron chi connectivity index (χ1n) is 4.88. The molecule has 5 heteroatoms. The van der Waals surface area contributed by atoms with E-state index in [1.54, 1.807) is 0 Å². The lowest BCUT2D eigenvalue weighted by Gasteiger charge is -2.19. The van der Waals surface area contributed by atoms with Crippen LogP contribution in [0.3, 0.4) is 0 Å². The van der Waals surface area contributed by atoms with Gasteiger partial charge in [0.15, 0.2) is 0 Å². The number of hydrogen-bond acceptors (Lipinski definition) is 3. The van der Waals surface area contributed by atoms with Gasteiger partial charge in [0.1, 0.15) is 0 Å². The van der Waals surface area contributed by atoms with Crippen molar-refractivity contribution in [3.8, 4) is 0 Å². The second kappa shape index (κ2) is 6.39. The van der Waals surface area contributed by atoms with Crippen LogP contribution in [-0.4, -0.2) is 31.7 Å². The van der Waals surface area contributed by atoms with E-state index < -0.39 is 20.0 Å². The molecule has 0 bridgehead atoms. The van der Waals surface area contributed by atoms with E-state index in [1.165, 1.54) is 0 Å². The van der Waals surface area contributed by atoms with Crippen LogP contribution in [0.2, 0.25) is 25.2 Å². The molecule has 0 aromatic rings. The smallest absolute Gasteiger partial charge is 0.330 e. The summed E-state index contributed by atoms with van der Waals surface area (Å²) in [6.45, 7) is 7.68. The molecule has 0 aliphatic rings. The highest BCUT2D eigenvalue weighted by Crippen LogP contribution is 2.17. The van der Waals surface area contributed by atoms with Crippen molar-refractivity contribution in [1.82, 2.24) is 0 Å². The second-order valence-corrected chi connectivity index (χ2v) is 9.39. The van der Waals surface area contributed by atoms with E-state index in [0.29, 0.717) is 6.61 Å². The fourth-order valence-electron chi connectivity index (χ4n) is 1.28. The Morgan fingerprint density at radius 2 is 2.07 bits per heavy atom. The third-order valence-electron chi connectivity index (χ3n) is 2.04. The Morgan fingerprint density at radius 1 is 1.47 bits per heavy atom. The summed E-state index contributed by atoms with van der Waals surface area (Å²) in [7, 11) is -1.67. The molecule has 1 N–H and O–H groups in total. The lowest BCUT2D eigenvalue weighted by Crippen LogP contribution is -2.28. The van der Waals surface area contributed by atoms with Crippen LogP contribution in [0.4, 0.5) is 0 Å². The van der Waals surface area contributed by atoms with Crippen molar-refractivity contribution in [3.05, 3.63) is 12.7 Å². The van der Waals surface area contributed by atoms with E-state index in [9.17, 15) is 9.59 Å². The lowest BCUT2D eigenvalue weighted by molar-refractivity contribution is -0.138. The molecule has 0 aliphatic heterocycles. The first-order chi connectivity index (χ1) is 6.87. The summed E-state index contributed by atoms with van der Waals surface area (Å²) in [6, 6.07) is 1.12. The number of esters is 1. The maximum Gasteiger partial charge on any atom is 0.330 e. The molecule has 4 nitrogen and oxygen atoms in total. The van der Waals surface area contributed by atoms with Gasteiger partial charge in [0.05, 0.1) is 14.7 Å². The third-order valence-corrected chi connectivity index (χ3v) is 5.01. The third kappa shape index (κ3) is 7.93. The number of rotatable bonds is 7. The van der Waals surface area contributed by atoms with Crippen molar-refractivity contribution in [2.45, 2.75) is 31.6 Å². The largest absolute Gasteiger partial charge is 0.481 e. The van der Waals surface area contributed by atoms with E-state index >= 15 is 0 Å². The Labute approximate surface area is 90.9 Å². The number of hydrogen-bond donors (Lipinski definition) is 1. The van der Waals surface area contributed by atoms with Gasteiger partial charge in [-0.3, -0.25) is 4.79 Å². The minimum absolute atomic E-state index is 0.266. The van der Waals surface area contributed by atoms with Gasteiger partial charge in [0, 0.05) is 12.1 Å². The Kier molecular flexibility index (Phi) is 5.92. The number of carbonyl (C=O) groups excluding carboxylic acids is 1. The molecule has 0 atom stereocenters. The summed E-state index contributed by atoms with van der Waals surface area (Å²) < 4.78 is 4.81. The van der Waals surface area contributed by atoms with Crippen LogP contribution >= 0.6 is 0 Å². The van der Waals surface area contributed by atoms with Crippen LogP contribution in [0.15, 0.2) is 12.7 Å². The van der Waals surface area contributed by atoms with E-state index in [0.717, 1.165) is 18.5 Å². The lowest BCUT2D eigenvalue weighted by atomic mass is 10.5. The van der Waals surface area contributed by atoms with Crippen LogP contribution in [0.25, 0.3) is 0 Å². The Bertz CT molecular complexity index is 248. The van der Waals surface area contributed by atoms with Crippen LogP contribution in [-0.2, 0) is 14.3 Å². The zero-order valence-corrected chi connectivity index (χ0v) is 10.3. The zero-order valence-electron chi connectivity index (χ0n) is 9.28. The van der Waals surface area contributed by atoms with Crippen LogP contribution < -0.4 is 0 Å². The number of ether oxygens (including phenoxy) is 1. The molecule has 0 fully saturated rings. The highest BCUT2D eigenvalue weighted by atomic mass is 28.3. The second-order valence-electron chi connectivity index (χ2n) is 4.21. The quantitative estimate of drug-likeness (QED) is 0.314. The van der Waals surface area contributed by atoms with Crippen molar-refractivity contribution in [2.24, 2.45) is 0 Å². The van der Waals surface area contributed by atoms with Gasteiger partial charge in [0.25, 0.3) is 0 Å². The van der Waals surface area contributed by atoms with Gasteiger partial charge in [-0.2, -0.15) is 0 Å². The van der Waals surface area contributed by atoms with Crippen LogP contribution in [0.5, 0.6) is 0 Å². The predicted molar refractivity (Wildman–Crippen MR) is 60.5 cm³/mol. The number of carbonyl (C=O) groups is 2. The summed E-state index contributed by atoms with van der Waals surface area (Å²) in [5.74, 6) is -1.16. The molecular weight excluding hydrogens is 212 g/mol. The van der Waals surface area contributed by atoms with Crippen molar-refractivity contribution in [3.63, 3.8) is 0 Å². The minimum Gasteiger partial charge on any atom is -0.481 e. The first-order valence-corrected chi connectivity index (χ1v) is 8.30. The number of carboxylic acids is 1. The van der Waals surface area contributed by atoms with Gasteiger partial charge >= 0.3 is 11.9 Å². The first kappa shape index (κ1) is 13.9. The fraction of sp³-hybridized carbons (Fsp3) is 0.600. The fourth-order valence-corrected chi connectivity index (χ4v) is 3.38. The van der Waals surface area contributed by atoms with Gasteiger partial charge in [-0.05, 0) is 6.42 Å². The Morgan fingerprint density at radius 3 is 2.53 bits per heavy atom. The SMILES string of the molecule is C=CC(=O)OCCC[Si](C)(C)CC(=O)O. The van der Waals surface area contributed by atoms with Gasteiger partial charge in [0.2, 0.25) is 0 Å². The standard InChI is InChI=1S/C10H18O4Si/c1-4-10(13)14-6-5-7-15(2,3)8-9(11)12/h4H,1,5-8H2,2-3H3,(H,11,12). The molecule has 0 rings (SSSR count). The molecular formula is C10H18O4Si. The molecule has 0 unspecified atom stereocenters. The van der Waals surface area contributed by atoms with Crippen LogP contribution in [0.1, 0.15) is 6.42 Å². The van der Waals surface area contributed by atoms with Gasteiger partial charge in [-0.1, -0.05) is 25.7 Å². The molecule has 0 heterocycles. The molecule has 0 aromatic carbocycles. The van der Waals surface area contributed by atoms with E-state index in [1.807, 2.05) is 13.1 Å². The molecule has 0 spiro atoms. The average molecular weight is 230 g/mol. The summed E-state index contributed by atoms with van der Waals surface area (Å²) in [4.78, 5) is 21.2. The molecule has 15 heavy (non-hydrogen) atoms. The molecule has 0 saturated carbocycles. The van der Waals surface area contributed by atoms with E-state index in [2.05, 4.69) is 6.58 Å². The van der Waals surface area contributed by atoms with Crippen LogP contribution in [0, 0.1) is 0 Å². The maximum atomic E-state index is 10.7. The number of aliphatic carboxylic acids is 1. The highest BCUT2D eigenvalue weighted by molar-refractivity contribution is 6.79. The summed E-state index contributed by atoms with van der Waals surface area (Å²) in [6.07, 6.45) is 1.85. The van der Waals surface area contributed by atoms with E-state index in [4.69, 9.17) is 9.84 Å². The average Bonchev–Trinajstić information content (AvgIpc) is 2.10. The van der Waals surface area contributed by atoms with Crippen molar-refractivity contribution in [2.75, 3.05) is 6.61 Å². The minimum atomic E-state index is -1.67. The molecule has 0 aliphatic carbocycles.